The lowest BCUT2D eigenvalue weighted by Crippen LogP contribution is -2.26. The van der Waals surface area contributed by atoms with E-state index >= 15 is 0 Å². The lowest BCUT2D eigenvalue weighted by atomic mass is 10.0. The van der Waals surface area contributed by atoms with Crippen molar-refractivity contribution in [1.29, 1.82) is 0 Å². The van der Waals surface area contributed by atoms with Gasteiger partial charge in [0.25, 0.3) is 0 Å². The number of hydrogen-bond donors (Lipinski definition) is 0. The van der Waals surface area contributed by atoms with Crippen LogP contribution in [0.5, 0.6) is 0 Å². The Morgan fingerprint density at radius 3 is 2.90 bits per heavy atom. The third-order valence-corrected chi connectivity index (χ3v) is 3.67. The number of benzene rings is 1. The Kier molecular flexibility index (Phi) is 3.28. The fourth-order valence-electron chi connectivity index (χ4n) is 2.47. The first-order valence-electron chi connectivity index (χ1n) is 6.37. The Labute approximate surface area is 122 Å². The fourth-order valence-corrected chi connectivity index (χ4v) is 2.64. The van der Waals surface area contributed by atoms with Crippen LogP contribution in [0.3, 0.4) is 0 Å². The van der Waals surface area contributed by atoms with Crippen LogP contribution in [-0.2, 0) is 11.2 Å². The molecule has 1 aromatic carbocycles. The van der Waals surface area contributed by atoms with Crippen LogP contribution in [0.4, 0.5) is 5.69 Å². The molecule has 3 nitrogen and oxygen atoms in total. The van der Waals surface area contributed by atoms with Crippen molar-refractivity contribution >= 4 is 23.2 Å². The van der Waals surface area contributed by atoms with Crippen LogP contribution in [-0.4, -0.2) is 17.4 Å². The predicted octanol–water partition coefficient (Wildman–Crippen LogP) is 3.48. The van der Waals surface area contributed by atoms with Gasteiger partial charge in [0.15, 0.2) is 0 Å². The van der Waals surface area contributed by atoms with Crippen LogP contribution in [0, 0.1) is 0 Å². The van der Waals surface area contributed by atoms with E-state index < -0.39 is 0 Å². The molecule has 0 atom stereocenters. The van der Waals surface area contributed by atoms with Crippen molar-refractivity contribution in [3.63, 3.8) is 0 Å². The third-order valence-electron chi connectivity index (χ3n) is 3.46. The SMILES string of the molecule is C=CC(=O)N1CCc2ccc(-c3cncc(Cl)c3)cc21. The molecule has 1 amide bonds. The topological polar surface area (TPSA) is 33.2 Å². The van der Waals surface area contributed by atoms with Gasteiger partial charge in [0, 0.05) is 30.2 Å². The summed E-state index contributed by atoms with van der Waals surface area (Å²) in [5.41, 5.74) is 4.08. The van der Waals surface area contributed by atoms with Gasteiger partial charge < -0.3 is 4.90 Å². The van der Waals surface area contributed by atoms with Gasteiger partial charge in [-0.25, -0.2) is 0 Å². The number of carbonyl (C=O) groups is 1. The first-order chi connectivity index (χ1) is 9.69. The molecule has 1 aromatic heterocycles. The van der Waals surface area contributed by atoms with Gasteiger partial charge in [0.05, 0.1) is 5.02 Å². The minimum Gasteiger partial charge on any atom is -0.308 e. The summed E-state index contributed by atoms with van der Waals surface area (Å²) in [5, 5.41) is 0.599. The summed E-state index contributed by atoms with van der Waals surface area (Å²) >= 11 is 5.97. The van der Waals surface area contributed by atoms with Gasteiger partial charge in [-0.3, -0.25) is 9.78 Å². The summed E-state index contributed by atoms with van der Waals surface area (Å²) in [4.78, 5) is 17.7. The number of anilines is 1. The minimum absolute atomic E-state index is 0.0647. The Balaban J connectivity index is 2.05. The molecule has 0 saturated heterocycles. The number of fused-ring (bicyclic) bond motifs is 1. The first-order valence-corrected chi connectivity index (χ1v) is 6.74. The van der Waals surface area contributed by atoms with Gasteiger partial charge in [-0.1, -0.05) is 30.3 Å². The lowest BCUT2D eigenvalue weighted by molar-refractivity contribution is -0.114. The van der Waals surface area contributed by atoms with E-state index in [1.807, 2.05) is 18.2 Å². The van der Waals surface area contributed by atoms with Gasteiger partial charge in [-0.2, -0.15) is 0 Å². The Hall–Kier alpha value is -2.13. The second-order valence-electron chi connectivity index (χ2n) is 4.68. The van der Waals surface area contributed by atoms with Crippen molar-refractivity contribution in [3.8, 4) is 11.1 Å². The van der Waals surface area contributed by atoms with Gasteiger partial charge in [0.2, 0.25) is 5.91 Å². The average molecular weight is 285 g/mol. The Morgan fingerprint density at radius 2 is 2.15 bits per heavy atom. The molecule has 20 heavy (non-hydrogen) atoms. The zero-order valence-corrected chi connectivity index (χ0v) is 11.6. The van der Waals surface area contributed by atoms with E-state index in [-0.39, 0.29) is 5.91 Å². The van der Waals surface area contributed by atoms with Crippen LogP contribution in [0.2, 0.25) is 5.02 Å². The molecule has 4 heteroatoms. The van der Waals surface area contributed by atoms with Crippen molar-refractivity contribution in [2.75, 3.05) is 11.4 Å². The summed E-state index contributed by atoms with van der Waals surface area (Å²) in [6.07, 6.45) is 5.60. The van der Waals surface area contributed by atoms with E-state index in [0.717, 1.165) is 23.2 Å². The van der Waals surface area contributed by atoms with Crippen molar-refractivity contribution in [1.82, 2.24) is 4.98 Å². The highest BCUT2D eigenvalue weighted by Crippen LogP contribution is 2.33. The van der Waals surface area contributed by atoms with Crippen LogP contribution in [0.15, 0.2) is 49.3 Å². The van der Waals surface area contributed by atoms with E-state index in [1.54, 1.807) is 17.3 Å². The number of amides is 1. The standard InChI is InChI=1S/C16H13ClN2O/c1-2-16(20)19-6-5-11-3-4-12(8-15(11)19)13-7-14(17)10-18-9-13/h2-4,7-10H,1,5-6H2. The van der Waals surface area contributed by atoms with Crippen molar-refractivity contribution < 1.29 is 4.79 Å². The average Bonchev–Trinajstić information content (AvgIpc) is 2.89. The third kappa shape index (κ3) is 2.21. The second-order valence-corrected chi connectivity index (χ2v) is 5.12. The lowest BCUT2D eigenvalue weighted by Gasteiger charge is -2.16. The van der Waals surface area contributed by atoms with Gasteiger partial charge >= 0.3 is 0 Å². The van der Waals surface area contributed by atoms with E-state index in [2.05, 4.69) is 17.6 Å². The minimum atomic E-state index is -0.0647. The smallest absolute Gasteiger partial charge is 0.250 e. The maximum absolute atomic E-state index is 11.9. The summed E-state index contributed by atoms with van der Waals surface area (Å²) < 4.78 is 0. The quantitative estimate of drug-likeness (QED) is 0.791. The van der Waals surface area contributed by atoms with Crippen molar-refractivity contribution in [3.05, 3.63) is 59.9 Å². The number of rotatable bonds is 2. The Bertz CT molecular complexity index is 697. The first kappa shape index (κ1) is 12.9. The van der Waals surface area contributed by atoms with Crippen LogP contribution >= 0.6 is 11.6 Å². The molecule has 0 fully saturated rings. The Morgan fingerprint density at radius 1 is 1.30 bits per heavy atom. The molecule has 0 saturated carbocycles. The predicted molar refractivity (Wildman–Crippen MR) is 80.9 cm³/mol. The molecule has 100 valence electrons. The monoisotopic (exact) mass is 284 g/mol. The summed E-state index contributed by atoms with van der Waals surface area (Å²) in [6.45, 7) is 4.26. The molecule has 2 heterocycles. The van der Waals surface area contributed by atoms with Crippen LogP contribution in [0.1, 0.15) is 5.56 Å². The number of nitrogens with zero attached hydrogens (tertiary/aromatic N) is 2. The number of hydrogen-bond acceptors (Lipinski definition) is 2. The molecule has 0 N–H and O–H groups in total. The largest absolute Gasteiger partial charge is 0.308 e. The van der Waals surface area contributed by atoms with Gasteiger partial charge in [-0.15, -0.1) is 0 Å². The molecule has 0 unspecified atom stereocenters. The van der Waals surface area contributed by atoms with Gasteiger partial charge in [-0.05, 0) is 35.8 Å². The normalized spacial score (nSPS) is 13.2. The molecule has 0 bridgehead atoms. The van der Waals surface area contributed by atoms with E-state index in [9.17, 15) is 4.79 Å². The van der Waals surface area contributed by atoms with E-state index in [4.69, 9.17) is 11.6 Å². The molecule has 0 radical (unpaired) electrons. The van der Waals surface area contributed by atoms with Gasteiger partial charge in [0.1, 0.15) is 0 Å². The molecule has 0 aliphatic carbocycles. The highest BCUT2D eigenvalue weighted by Gasteiger charge is 2.23. The molecule has 1 aliphatic heterocycles. The number of aromatic nitrogens is 1. The fraction of sp³-hybridized carbons (Fsp3) is 0.125. The van der Waals surface area contributed by atoms with Crippen molar-refractivity contribution in [2.24, 2.45) is 0 Å². The highest BCUT2D eigenvalue weighted by atomic mass is 35.5. The molecule has 0 spiro atoms. The molecular weight excluding hydrogens is 272 g/mol. The maximum atomic E-state index is 11.9. The molecule has 2 aromatic rings. The second kappa shape index (κ2) is 5.10. The molecule has 3 rings (SSSR count). The van der Waals surface area contributed by atoms with E-state index in [0.29, 0.717) is 11.6 Å². The zero-order chi connectivity index (χ0) is 14.1. The van der Waals surface area contributed by atoms with Crippen LogP contribution in [0.25, 0.3) is 11.1 Å². The number of halogens is 1. The maximum Gasteiger partial charge on any atom is 0.250 e. The van der Waals surface area contributed by atoms with Crippen LogP contribution < -0.4 is 4.90 Å². The highest BCUT2D eigenvalue weighted by molar-refractivity contribution is 6.30. The molecular formula is C16H13ClN2O. The number of pyridine rings is 1. The summed E-state index contributed by atoms with van der Waals surface area (Å²) in [6, 6.07) is 7.97. The zero-order valence-electron chi connectivity index (χ0n) is 10.8. The summed E-state index contributed by atoms with van der Waals surface area (Å²) in [5.74, 6) is -0.0647. The number of carbonyl (C=O) groups excluding carboxylic acids is 1. The molecule has 1 aliphatic rings. The van der Waals surface area contributed by atoms with E-state index in [1.165, 1.54) is 11.6 Å². The summed E-state index contributed by atoms with van der Waals surface area (Å²) in [7, 11) is 0. The van der Waals surface area contributed by atoms with Crippen molar-refractivity contribution in [2.45, 2.75) is 6.42 Å².